The topological polar surface area (TPSA) is 81.3 Å². The van der Waals surface area contributed by atoms with E-state index in [0.717, 1.165) is 11.1 Å². The normalized spacial score (nSPS) is 12.5. The first-order valence-corrected chi connectivity index (χ1v) is 9.58. The van der Waals surface area contributed by atoms with E-state index in [1.165, 1.54) is 15.9 Å². The van der Waals surface area contributed by atoms with Gasteiger partial charge in [0.2, 0.25) is 11.7 Å². The second-order valence-electron chi connectivity index (χ2n) is 6.45. The van der Waals surface area contributed by atoms with E-state index in [9.17, 15) is 9.59 Å². The van der Waals surface area contributed by atoms with Crippen molar-refractivity contribution in [3.8, 4) is 0 Å². The summed E-state index contributed by atoms with van der Waals surface area (Å²) in [4.78, 5) is 24.7. The number of rotatable bonds is 5. The molecule has 1 N–H and O–H groups in total. The number of thiophene rings is 1. The second-order valence-corrected chi connectivity index (χ2v) is 7.37. The molecule has 138 valence electrons. The van der Waals surface area contributed by atoms with Crippen molar-refractivity contribution < 1.29 is 4.79 Å². The van der Waals surface area contributed by atoms with Crippen LogP contribution in [0.2, 0.25) is 0 Å². The van der Waals surface area contributed by atoms with Crippen molar-refractivity contribution in [1.82, 2.24) is 24.5 Å². The predicted molar refractivity (Wildman–Crippen MR) is 105 cm³/mol. The van der Waals surface area contributed by atoms with Crippen LogP contribution in [0.3, 0.4) is 0 Å². The number of aryl methyl sites for hydroxylation is 2. The summed E-state index contributed by atoms with van der Waals surface area (Å²) in [5.41, 5.74) is 1.77. The highest BCUT2D eigenvalue weighted by Crippen LogP contribution is 2.20. The van der Waals surface area contributed by atoms with E-state index in [1.807, 2.05) is 53.1 Å². The Morgan fingerprint density at radius 3 is 2.78 bits per heavy atom. The molecule has 7 nitrogen and oxygen atoms in total. The lowest BCUT2D eigenvalue weighted by Gasteiger charge is -2.14. The Morgan fingerprint density at radius 2 is 2.00 bits per heavy atom. The Balaban J connectivity index is 1.54. The first-order valence-electron chi connectivity index (χ1n) is 8.71. The number of benzene rings is 1. The highest BCUT2D eigenvalue weighted by atomic mass is 32.1. The minimum Gasteiger partial charge on any atom is -0.350 e. The second kappa shape index (κ2) is 6.96. The van der Waals surface area contributed by atoms with Gasteiger partial charge in [-0.25, -0.2) is 0 Å². The van der Waals surface area contributed by atoms with E-state index >= 15 is 0 Å². The summed E-state index contributed by atoms with van der Waals surface area (Å²) in [6, 6.07) is 11.7. The van der Waals surface area contributed by atoms with Gasteiger partial charge in [0.25, 0.3) is 5.56 Å². The van der Waals surface area contributed by atoms with Crippen molar-refractivity contribution in [2.24, 2.45) is 7.05 Å². The molecule has 1 atom stereocenters. The van der Waals surface area contributed by atoms with Gasteiger partial charge in [-0.3, -0.25) is 18.6 Å². The van der Waals surface area contributed by atoms with Gasteiger partial charge in [0.1, 0.15) is 10.5 Å². The minimum absolute atomic E-state index is 0.0468. The lowest BCUT2D eigenvalue weighted by atomic mass is 10.1. The number of fused-ring (bicyclic) bond motifs is 3. The number of carbonyl (C=O) groups excluding carboxylic acids is 1. The van der Waals surface area contributed by atoms with Crippen molar-refractivity contribution in [3.63, 3.8) is 0 Å². The van der Waals surface area contributed by atoms with Crippen LogP contribution in [-0.2, 0) is 18.3 Å². The number of nitrogens with one attached hydrogen (secondary N) is 1. The highest BCUT2D eigenvalue weighted by molar-refractivity contribution is 7.17. The summed E-state index contributed by atoms with van der Waals surface area (Å²) < 4.78 is 4.02. The molecule has 0 saturated heterocycles. The maximum atomic E-state index is 12.4. The van der Waals surface area contributed by atoms with Crippen LogP contribution in [0.4, 0.5) is 0 Å². The van der Waals surface area contributed by atoms with Gasteiger partial charge in [0.15, 0.2) is 0 Å². The third-order valence-electron chi connectivity index (χ3n) is 4.65. The molecule has 4 aromatic rings. The number of hydrogen-bond donors (Lipinski definition) is 1. The Kier molecular flexibility index (Phi) is 4.49. The van der Waals surface area contributed by atoms with Gasteiger partial charge in [-0.2, -0.15) is 0 Å². The monoisotopic (exact) mass is 381 g/mol. The lowest BCUT2D eigenvalue weighted by Crippen LogP contribution is -2.27. The first kappa shape index (κ1) is 17.4. The van der Waals surface area contributed by atoms with Crippen LogP contribution in [0.25, 0.3) is 16.0 Å². The quantitative estimate of drug-likeness (QED) is 0.576. The predicted octanol–water partition coefficient (Wildman–Crippen LogP) is 2.45. The van der Waals surface area contributed by atoms with E-state index < -0.39 is 0 Å². The molecule has 0 fully saturated rings. The Morgan fingerprint density at radius 1 is 1.22 bits per heavy atom. The summed E-state index contributed by atoms with van der Waals surface area (Å²) in [5, 5.41) is 13.2. The molecule has 1 unspecified atom stereocenters. The van der Waals surface area contributed by atoms with E-state index in [0.29, 0.717) is 29.1 Å². The first-order chi connectivity index (χ1) is 13.1. The number of carbonyl (C=O) groups is 1. The molecule has 3 heterocycles. The molecule has 0 aliphatic heterocycles. The van der Waals surface area contributed by atoms with Crippen molar-refractivity contribution in [3.05, 3.63) is 63.5 Å². The molecular formula is C19H19N5O2S. The molecule has 1 aromatic carbocycles. The van der Waals surface area contributed by atoms with Gasteiger partial charge in [0.05, 0.1) is 11.6 Å². The molecule has 0 bridgehead atoms. The van der Waals surface area contributed by atoms with E-state index in [4.69, 9.17) is 0 Å². The van der Waals surface area contributed by atoms with Crippen LogP contribution in [0.1, 0.15) is 30.8 Å². The van der Waals surface area contributed by atoms with Gasteiger partial charge in [0, 0.05) is 19.9 Å². The fraction of sp³-hybridized carbons (Fsp3) is 0.263. The Labute approximate surface area is 159 Å². The number of aromatic nitrogens is 4. The zero-order valence-electron chi connectivity index (χ0n) is 15.0. The largest absolute Gasteiger partial charge is 0.350 e. The van der Waals surface area contributed by atoms with Crippen LogP contribution in [-0.4, -0.2) is 25.1 Å². The van der Waals surface area contributed by atoms with Crippen molar-refractivity contribution in [2.75, 3.05) is 0 Å². The van der Waals surface area contributed by atoms with E-state index in [2.05, 4.69) is 15.5 Å². The lowest BCUT2D eigenvalue weighted by molar-refractivity contribution is -0.121. The maximum absolute atomic E-state index is 12.4. The van der Waals surface area contributed by atoms with Gasteiger partial charge in [-0.1, -0.05) is 30.3 Å². The van der Waals surface area contributed by atoms with Crippen LogP contribution in [0.15, 0.2) is 46.6 Å². The Hall–Kier alpha value is -3.00. The zero-order chi connectivity index (χ0) is 19.0. The summed E-state index contributed by atoms with van der Waals surface area (Å²) >= 11 is 1.40. The summed E-state index contributed by atoms with van der Waals surface area (Å²) in [6.45, 7) is 1.96. The standard InChI is InChI=1S/C19H19N5O2S/c1-12(13-6-4-3-5-7-13)20-16(25)9-8-15-21-22-19-23(2)18(26)17-14(24(15)19)10-11-27-17/h3-7,10-12H,8-9H2,1-2H3,(H,20,25). The van der Waals surface area contributed by atoms with Crippen LogP contribution >= 0.6 is 11.3 Å². The smallest absolute Gasteiger partial charge is 0.272 e. The fourth-order valence-electron chi connectivity index (χ4n) is 3.18. The van der Waals surface area contributed by atoms with Gasteiger partial charge in [-0.15, -0.1) is 21.5 Å². The molecule has 0 aliphatic carbocycles. The SMILES string of the molecule is CC(NC(=O)CCc1nnc2n(C)c(=O)c3sccc3n12)c1ccccc1. The van der Waals surface area contributed by atoms with E-state index in [-0.39, 0.29) is 17.5 Å². The van der Waals surface area contributed by atoms with Crippen molar-refractivity contribution >= 4 is 33.2 Å². The molecule has 0 radical (unpaired) electrons. The molecule has 3 aromatic heterocycles. The average molecular weight is 381 g/mol. The summed E-state index contributed by atoms with van der Waals surface area (Å²) in [6.07, 6.45) is 0.740. The van der Waals surface area contributed by atoms with Crippen molar-refractivity contribution in [1.29, 1.82) is 0 Å². The van der Waals surface area contributed by atoms with Gasteiger partial charge >= 0.3 is 0 Å². The molecule has 0 spiro atoms. The van der Waals surface area contributed by atoms with Gasteiger partial charge in [-0.05, 0) is 23.9 Å². The third-order valence-corrected chi connectivity index (χ3v) is 5.54. The zero-order valence-corrected chi connectivity index (χ0v) is 15.9. The molecule has 27 heavy (non-hydrogen) atoms. The fourth-order valence-corrected chi connectivity index (χ4v) is 4.03. The summed E-state index contributed by atoms with van der Waals surface area (Å²) in [7, 11) is 1.68. The summed E-state index contributed by atoms with van der Waals surface area (Å²) in [5.74, 6) is 1.11. The molecule has 4 rings (SSSR count). The van der Waals surface area contributed by atoms with Crippen molar-refractivity contribution in [2.45, 2.75) is 25.8 Å². The van der Waals surface area contributed by atoms with Crippen LogP contribution < -0.4 is 10.9 Å². The number of nitrogens with zero attached hydrogens (tertiary/aromatic N) is 4. The molecule has 0 aliphatic rings. The van der Waals surface area contributed by atoms with Crippen LogP contribution in [0.5, 0.6) is 0 Å². The third kappa shape index (κ3) is 3.12. The maximum Gasteiger partial charge on any atom is 0.272 e. The molecule has 0 saturated carbocycles. The van der Waals surface area contributed by atoms with Gasteiger partial charge < -0.3 is 5.32 Å². The average Bonchev–Trinajstić information content (AvgIpc) is 3.32. The molecular weight excluding hydrogens is 362 g/mol. The number of amides is 1. The van der Waals surface area contributed by atoms with E-state index in [1.54, 1.807) is 7.05 Å². The molecule has 1 amide bonds. The molecule has 8 heteroatoms. The van der Waals surface area contributed by atoms with Crippen LogP contribution in [0, 0.1) is 0 Å². The number of hydrogen-bond acceptors (Lipinski definition) is 5. The Bertz CT molecular complexity index is 1180. The highest BCUT2D eigenvalue weighted by Gasteiger charge is 2.17. The minimum atomic E-state index is -0.0825.